The molecule has 2 atom stereocenters. The van der Waals surface area contributed by atoms with Crippen LogP contribution in [0, 0.1) is 5.92 Å². The van der Waals surface area contributed by atoms with Crippen LogP contribution in [0.25, 0.3) is 0 Å². The molecule has 0 aromatic carbocycles. The van der Waals surface area contributed by atoms with Crippen molar-refractivity contribution >= 4 is 29.5 Å². The second-order valence-electron chi connectivity index (χ2n) is 15.6. The normalized spacial score (nSPS) is 12.7. The van der Waals surface area contributed by atoms with E-state index in [9.17, 15) is 14.4 Å². The maximum atomic E-state index is 13.6. The maximum Gasteiger partial charge on any atom is 0.306 e. The highest BCUT2D eigenvalue weighted by molar-refractivity contribution is 7.99. The van der Waals surface area contributed by atoms with Gasteiger partial charge in [-0.05, 0) is 71.2 Å². The van der Waals surface area contributed by atoms with Crippen LogP contribution >= 0.6 is 11.8 Å². The van der Waals surface area contributed by atoms with Gasteiger partial charge in [-0.1, -0.05) is 155 Å². The molecular weight excluding hydrogens is 679 g/mol. The van der Waals surface area contributed by atoms with E-state index in [1.165, 1.54) is 122 Å². The smallest absolute Gasteiger partial charge is 0.306 e. The molecule has 0 bridgehead atoms. The number of unbranched alkanes of at least 4 members (excludes halogenated alkanes) is 20. The topological polar surface area (TPSA) is 87.7 Å². The summed E-state index contributed by atoms with van der Waals surface area (Å²) in [6, 6.07) is -0.557. The zero-order valence-corrected chi connectivity index (χ0v) is 36.4. The first-order valence-electron chi connectivity index (χ1n) is 22.5. The van der Waals surface area contributed by atoms with Crippen molar-refractivity contribution in [1.82, 2.24) is 15.5 Å². The Bertz CT molecular complexity index is 869. The first-order chi connectivity index (χ1) is 25.8. The van der Waals surface area contributed by atoms with E-state index in [4.69, 9.17) is 4.74 Å². The Hall–Kier alpha value is -1.54. The van der Waals surface area contributed by atoms with E-state index in [0.717, 1.165) is 51.5 Å². The second kappa shape index (κ2) is 40.1. The lowest BCUT2D eigenvalue weighted by Gasteiger charge is -2.23. The number of hydrogen-bond donors (Lipinski definition) is 2. The summed E-state index contributed by atoms with van der Waals surface area (Å²) < 4.78 is 5.49. The summed E-state index contributed by atoms with van der Waals surface area (Å²) in [7, 11) is 3.97. The zero-order valence-electron chi connectivity index (χ0n) is 35.6. The zero-order chi connectivity index (χ0) is 39.0. The number of likely N-dealkylation sites (N-methyl/N-ethyl adjacent to an activating group) is 1. The van der Waals surface area contributed by atoms with Gasteiger partial charge in [0, 0.05) is 24.8 Å². The fourth-order valence-corrected chi connectivity index (χ4v) is 7.46. The highest BCUT2D eigenvalue weighted by atomic mass is 32.2. The van der Waals surface area contributed by atoms with E-state index in [2.05, 4.69) is 43.6 Å². The number of esters is 1. The highest BCUT2D eigenvalue weighted by Gasteiger charge is 2.25. The summed E-state index contributed by atoms with van der Waals surface area (Å²) >= 11 is 1.65. The van der Waals surface area contributed by atoms with E-state index < -0.39 is 6.04 Å². The number of rotatable bonds is 40. The van der Waals surface area contributed by atoms with Crippen molar-refractivity contribution in [2.45, 2.75) is 207 Å². The molecule has 0 saturated carbocycles. The number of allylic oxidation sites excluding steroid dienone is 2. The third-order valence-electron chi connectivity index (χ3n) is 10.1. The molecular formula is C45H87N3O4S. The fourth-order valence-electron chi connectivity index (χ4n) is 6.55. The molecule has 53 heavy (non-hydrogen) atoms. The Morgan fingerprint density at radius 3 is 1.64 bits per heavy atom. The van der Waals surface area contributed by atoms with Crippen LogP contribution in [-0.2, 0) is 19.1 Å². The van der Waals surface area contributed by atoms with Crippen molar-refractivity contribution in [2.24, 2.45) is 5.92 Å². The van der Waals surface area contributed by atoms with Crippen molar-refractivity contribution in [1.29, 1.82) is 0 Å². The van der Waals surface area contributed by atoms with Crippen LogP contribution in [-0.4, -0.2) is 74.0 Å². The van der Waals surface area contributed by atoms with Crippen molar-refractivity contribution < 1.29 is 19.1 Å². The molecule has 0 aliphatic carbocycles. The number of nitrogens with one attached hydrogen (secondary N) is 2. The van der Waals surface area contributed by atoms with Gasteiger partial charge in [0.1, 0.15) is 6.04 Å². The second-order valence-corrected chi connectivity index (χ2v) is 16.8. The number of nitrogens with zero attached hydrogens (tertiary/aromatic N) is 1. The standard InChI is InChI=1S/C45H87N3O4S/c1-6-9-12-15-17-18-19-20-21-22-23-24-25-26-28-31-38-52-43(49)35-40-53-39-34-42(45(51)46-36-37-48(4)5)47-44(50)41(32-29-14-11-8-3)33-30-27-16-13-10-7-2/h20-21,41-42H,6-19,22-40H2,1-5H3,(H,46,51)(H,47,50)/b21-20-. The number of carbonyl (C=O) groups is 3. The Kier molecular flexibility index (Phi) is 39.0. The molecule has 0 radical (unpaired) electrons. The summed E-state index contributed by atoms with van der Waals surface area (Å²) in [6.07, 6.45) is 37.0. The van der Waals surface area contributed by atoms with Gasteiger partial charge < -0.3 is 20.3 Å². The molecule has 0 heterocycles. The first kappa shape index (κ1) is 51.5. The fraction of sp³-hybridized carbons (Fsp3) is 0.889. The van der Waals surface area contributed by atoms with E-state index in [-0.39, 0.29) is 23.7 Å². The lowest BCUT2D eigenvalue weighted by molar-refractivity contribution is -0.143. The van der Waals surface area contributed by atoms with Crippen LogP contribution in [0.5, 0.6) is 0 Å². The largest absolute Gasteiger partial charge is 0.466 e. The van der Waals surface area contributed by atoms with Crippen LogP contribution < -0.4 is 10.6 Å². The number of carbonyl (C=O) groups excluding carboxylic acids is 3. The summed E-state index contributed by atoms with van der Waals surface area (Å²) in [5, 5.41) is 6.19. The summed E-state index contributed by atoms with van der Waals surface area (Å²) in [5.41, 5.74) is 0. The molecule has 2 N–H and O–H groups in total. The molecule has 0 rings (SSSR count). The van der Waals surface area contributed by atoms with Gasteiger partial charge in [0.2, 0.25) is 11.8 Å². The van der Waals surface area contributed by atoms with Crippen LogP contribution in [0.3, 0.4) is 0 Å². The summed E-state index contributed by atoms with van der Waals surface area (Å²) in [4.78, 5) is 41.2. The van der Waals surface area contributed by atoms with Gasteiger partial charge in [0.05, 0.1) is 13.0 Å². The summed E-state index contributed by atoms with van der Waals surface area (Å²) in [5.74, 6) is 1.10. The molecule has 0 aliphatic rings. The Morgan fingerprint density at radius 1 is 0.604 bits per heavy atom. The molecule has 0 fully saturated rings. The predicted octanol–water partition coefficient (Wildman–Crippen LogP) is 11.6. The quantitative estimate of drug-likeness (QED) is 0.0367. The number of thioether (sulfide) groups is 1. The molecule has 2 amide bonds. The third kappa shape index (κ3) is 35.9. The first-order valence-corrected chi connectivity index (χ1v) is 23.6. The molecule has 7 nitrogen and oxygen atoms in total. The van der Waals surface area contributed by atoms with Crippen LogP contribution in [0.15, 0.2) is 12.2 Å². The molecule has 312 valence electrons. The molecule has 0 aromatic rings. The van der Waals surface area contributed by atoms with Gasteiger partial charge in [0.15, 0.2) is 0 Å². The van der Waals surface area contributed by atoms with Crippen LogP contribution in [0.4, 0.5) is 0 Å². The van der Waals surface area contributed by atoms with Crippen LogP contribution in [0.1, 0.15) is 201 Å². The van der Waals surface area contributed by atoms with Gasteiger partial charge in [-0.3, -0.25) is 14.4 Å². The SMILES string of the molecule is CCCCCCCC/C=C\CCCCCCCCOC(=O)CCSCCC(NC(=O)C(CCCCCC)CCCCCCCC)C(=O)NCCN(C)C. The maximum absolute atomic E-state index is 13.6. The Balaban J connectivity index is 4.40. The van der Waals surface area contributed by atoms with Gasteiger partial charge in [-0.25, -0.2) is 0 Å². The summed E-state index contributed by atoms with van der Waals surface area (Å²) in [6.45, 7) is 8.52. The third-order valence-corrected chi connectivity index (χ3v) is 11.1. The molecule has 0 spiro atoms. The van der Waals surface area contributed by atoms with E-state index in [0.29, 0.717) is 37.5 Å². The highest BCUT2D eigenvalue weighted by Crippen LogP contribution is 2.20. The molecule has 8 heteroatoms. The number of hydrogen-bond acceptors (Lipinski definition) is 6. The van der Waals surface area contributed by atoms with Crippen molar-refractivity contribution in [3.05, 3.63) is 12.2 Å². The lowest BCUT2D eigenvalue weighted by atomic mass is 9.93. The van der Waals surface area contributed by atoms with Crippen molar-refractivity contribution in [3.8, 4) is 0 Å². The van der Waals surface area contributed by atoms with Crippen molar-refractivity contribution in [3.63, 3.8) is 0 Å². The van der Waals surface area contributed by atoms with Gasteiger partial charge in [-0.15, -0.1) is 0 Å². The monoisotopic (exact) mass is 766 g/mol. The van der Waals surface area contributed by atoms with Gasteiger partial charge in [0.25, 0.3) is 0 Å². The van der Waals surface area contributed by atoms with E-state index in [1.54, 1.807) is 11.8 Å². The molecule has 0 saturated heterocycles. The van der Waals surface area contributed by atoms with Gasteiger partial charge in [-0.2, -0.15) is 11.8 Å². The number of amides is 2. The van der Waals surface area contributed by atoms with Crippen molar-refractivity contribution in [2.75, 3.05) is 45.3 Å². The van der Waals surface area contributed by atoms with Crippen LogP contribution in [0.2, 0.25) is 0 Å². The van der Waals surface area contributed by atoms with Gasteiger partial charge >= 0.3 is 5.97 Å². The Labute approximate surface area is 333 Å². The molecule has 0 aliphatic heterocycles. The minimum atomic E-state index is -0.557. The minimum absolute atomic E-state index is 0.0302. The van der Waals surface area contributed by atoms with E-state index in [1.807, 2.05) is 19.0 Å². The molecule has 2 unspecified atom stereocenters. The minimum Gasteiger partial charge on any atom is -0.466 e. The lowest BCUT2D eigenvalue weighted by Crippen LogP contribution is -2.49. The predicted molar refractivity (Wildman–Crippen MR) is 231 cm³/mol. The number of ether oxygens (including phenoxy) is 1. The average Bonchev–Trinajstić information content (AvgIpc) is 3.14. The average molecular weight is 766 g/mol. The Morgan fingerprint density at radius 2 is 1.09 bits per heavy atom. The van der Waals surface area contributed by atoms with E-state index >= 15 is 0 Å². The molecule has 0 aromatic heterocycles.